The molecule has 0 saturated heterocycles. The van der Waals surface area contributed by atoms with E-state index < -0.39 is 0 Å². The summed E-state index contributed by atoms with van der Waals surface area (Å²) in [6, 6.07) is 3.51. The van der Waals surface area contributed by atoms with Gasteiger partial charge in [-0.25, -0.2) is 4.98 Å². The maximum absolute atomic E-state index is 11.5. The van der Waals surface area contributed by atoms with Crippen molar-refractivity contribution in [3.05, 3.63) is 23.4 Å². The molecule has 0 aliphatic carbocycles. The molecule has 1 aromatic rings. The molecule has 4 heteroatoms. The maximum Gasteiger partial charge on any atom is 0.313 e. The smallest absolute Gasteiger partial charge is 0.313 e. The summed E-state index contributed by atoms with van der Waals surface area (Å²) in [5.41, 5.74) is 7.17. The van der Waals surface area contributed by atoms with Crippen LogP contribution in [0.25, 0.3) is 0 Å². The minimum Gasteiger partial charge on any atom is -0.466 e. The molecule has 0 radical (unpaired) electrons. The zero-order valence-corrected chi connectivity index (χ0v) is 9.28. The number of rotatable bonds is 3. The Morgan fingerprint density at radius 3 is 2.80 bits per heavy atom. The van der Waals surface area contributed by atoms with Crippen molar-refractivity contribution < 1.29 is 9.53 Å². The molecular weight excluding hydrogens is 192 g/mol. The monoisotopic (exact) mass is 208 g/mol. The Morgan fingerprint density at radius 1 is 1.60 bits per heavy atom. The summed E-state index contributed by atoms with van der Waals surface area (Å²) in [5, 5.41) is 0. The second kappa shape index (κ2) is 4.77. The van der Waals surface area contributed by atoms with Crippen molar-refractivity contribution in [2.75, 3.05) is 12.3 Å². The molecule has 0 aliphatic heterocycles. The summed E-state index contributed by atoms with van der Waals surface area (Å²) in [6.07, 6.45) is 0. The van der Waals surface area contributed by atoms with Crippen LogP contribution in [0.5, 0.6) is 0 Å². The lowest BCUT2D eigenvalue weighted by Gasteiger charge is -2.12. The van der Waals surface area contributed by atoms with E-state index in [0.29, 0.717) is 12.4 Å². The largest absolute Gasteiger partial charge is 0.466 e. The van der Waals surface area contributed by atoms with Crippen LogP contribution in [0.4, 0.5) is 5.82 Å². The number of esters is 1. The van der Waals surface area contributed by atoms with Gasteiger partial charge in [-0.3, -0.25) is 4.79 Å². The van der Waals surface area contributed by atoms with Crippen LogP contribution >= 0.6 is 0 Å². The predicted molar refractivity (Wildman–Crippen MR) is 58.4 cm³/mol. The third kappa shape index (κ3) is 2.68. The van der Waals surface area contributed by atoms with E-state index in [1.165, 1.54) is 0 Å². The first-order valence-corrected chi connectivity index (χ1v) is 4.96. The molecule has 82 valence electrons. The molecule has 0 spiro atoms. The highest BCUT2D eigenvalue weighted by molar-refractivity contribution is 5.78. The van der Waals surface area contributed by atoms with Crippen LogP contribution in [0.3, 0.4) is 0 Å². The molecule has 0 aliphatic rings. The highest BCUT2D eigenvalue weighted by atomic mass is 16.5. The standard InChI is InChI=1S/C11H16N2O2/c1-4-15-11(14)7(2)9-5-6-10(12)13-8(9)3/h5-7H,4H2,1-3H3,(H2,12,13)/t7-/m1/s1. The van der Waals surface area contributed by atoms with Crippen LogP contribution in [0, 0.1) is 6.92 Å². The van der Waals surface area contributed by atoms with Gasteiger partial charge in [0, 0.05) is 5.69 Å². The second-order valence-corrected chi connectivity index (χ2v) is 3.38. The highest BCUT2D eigenvalue weighted by Gasteiger charge is 2.18. The number of ether oxygens (including phenoxy) is 1. The van der Waals surface area contributed by atoms with Gasteiger partial charge < -0.3 is 10.5 Å². The predicted octanol–water partition coefficient (Wildman–Crippen LogP) is 1.64. The molecule has 1 heterocycles. The van der Waals surface area contributed by atoms with E-state index in [2.05, 4.69) is 4.98 Å². The number of nitrogens with zero attached hydrogens (tertiary/aromatic N) is 1. The molecule has 0 bridgehead atoms. The van der Waals surface area contributed by atoms with Gasteiger partial charge in [-0.15, -0.1) is 0 Å². The van der Waals surface area contributed by atoms with Crippen LogP contribution in [0.1, 0.15) is 31.0 Å². The molecule has 1 atom stereocenters. The van der Waals surface area contributed by atoms with E-state index in [1.807, 2.05) is 13.0 Å². The molecule has 0 saturated carbocycles. The van der Waals surface area contributed by atoms with Gasteiger partial charge in [0.2, 0.25) is 0 Å². The molecule has 0 amide bonds. The zero-order chi connectivity index (χ0) is 11.4. The number of carbonyl (C=O) groups is 1. The van der Waals surface area contributed by atoms with E-state index in [9.17, 15) is 4.79 Å². The summed E-state index contributed by atoms with van der Waals surface area (Å²) in [6.45, 7) is 5.82. The number of nitrogens with two attached hydrogens (primary N) is 1. The maximum atomic E-state index is 11.5. The minimum atomic E-state index is -0.293. The van der Waals surface area contributed by atoms with E-state index in [1.54, 1.807) is 19.9 Å². The lowest BCUT2D eigenvalue weighted by atomic mass is 10.0. The van der Waals surface area contributed by atoms with Crippen molar-refractivity contribution in [2.24, 2.45) is 0 Å². The molecular formula is C11H16N2O2. The van der Waals surface area contributed by atoms with Gasteiger partial charge in [-0.2, -0.15) is 0 Å². The third-order valence-electron chi connectivity index (χ3n) is 2.25. The first-order valence-electron chi connectivity index (χ1n) is 4.96. The Bertz CT molecular complexity index is 364. The molecule has 15 heavy (non-hydrogen) atoms. The lowest BCUT2D eigenvalue weighted by molar-refractivity contribution is -0.144. The van der Waals surface area contributed by atoms with E-state index >= 15 is 0 Å². The van der Waals surface area contributed by atoms with Crippen LogP contribution in [-0.4, -0.2) is 17.6 Å². The summed E-state index contributed by atoms with van der Waals surface area (Å²) in [5.74, 6) is -0.0578. The number of pyridine rings is 1. The molecule has 2 N–H and O–H groups in total. The first kappa shape index (κ1) is 11.5. The fourth-order valence-electron chi connectivity index (χ4n) is 1.44. The number of hydrogen-bond acceptors (Lipinski definition) is 4. The molecule has 4 nitrogen and oxygen atoms in total. The van der Waals surface area contributed by atoms with Gasteiger partial charge >= 0.3 is 5.97 Å². The Kier molecular flexibility index (Phi) is 3.66. The topological polar surface area (TPSA) is 65.2 Å². The fraction of sp³-hybridized carbons (Fsp3) is 0.455. The van der Waals surface area contributed by atoms with Crippen molar-refractivity contribution in [3.63, 3.8) is 0 Å². The number of aryl methyl sites for hydroxylation is 1. The fourth-order valence-corrected chi connectivity index (χ4v) is 1.44. The summed E-state index contributed by atoms with van der Waals surface area (Å²) in [4.78, 5) is 15.6. The van der Waals surface area contributed by atoms with Crippen LogP contribution < -0.4 is 5.73 Å². The Morgan fingerprint density at radius 2 is 2.27 bits per heavy atom. The van der Waals surface area contributed by atoms with Crippen molar-refractivity contribution in [1.29, 1.82) is 0 Å². The van der Waals surface area contributed by atoms with Gasteiger partial charge in [0.1, 0.15) is 5.82 Å². The van der Waals surface area contributed by atoms with Crippen LogP contribution in [0.15, 0.2) is 12.1 Å². The highest BCUT2D eigenvalue weighted by Crippen LogP contribution is 2.20. The average Bonchev–Trinajstić information content (AvgIpc) is 2.17. The second-order valence-electron chi connectivity index (χ2n) is 3.38. The minimum absolute atomic E-state index is 0.229. The number of hydrogen-bond donors (Lipinski definition) is 1. The van der Waals surface area contributed by atoms with Crippen molar-refractivity contribution in [1.82, 2.24) is 4.98 Å². The normalized spacial score (nSPS) is 12.2. The van der Waals surface area contributed by atoms with Gasteiger partial charge in [0.15, 0.2) is 0 Å². The zero-order valence-electron chi connectivity index (χ0n) is 9.28. The first-order chi connectivity index (χ1) is 7.06. The molecule has 1 aromatic heterocycles. The third-order valence-corrected chi connectivity index (χ3v) is 2.25. The van der Waals surface area contributed by atoms with Gasteiger partial charge in [0.05, 0.1) is 12.5 Å². The summed E-state index contributed by atoms with van der Waals surface area (Å²) in [7, 11) is 0. The quantitative estimate of drug-likeness (QED) is 0.767. The summed E-state index contributed by atoms with van der Waals surface area (Å²) >= 11 is 0. The Labute approximate surface area is 89.5 Å². The van der Waals surface area contributed by atoms with E-state index in [4.69, 9.17) is 10.5 Å². The van der Waals surface area contributed by atoms with Crippen molar-refractivity contribution in [2.45, 2.75) is 26.7 Å². The Balaban J connectivity index is 2.91. The van der Waals surface area contributed by atoms with Gasteiger partial charge in [-0.1, -0.05) is 6.07 Å². The average molecular weight is 208 g/mol. The Hall–Kier alpha value is -1.58. The molecule has 1 rings (SSSR count). The van der Waals surface area contributed by atoms with E-state index in [0.717, 1.165) is 11.3 Å². The molecule has 0 unspecified atom stereocenters. The van der Waals surface area contributed by atoms with Gasteiger partial charge in [-0.05, 0) is 32.4 Å². The number of carbonyl (C=O) groups excluding carboxylic acids is 1. The van der Waals surface area contributed by atoms with Crippen LogP contribution in [-0.2, 0) is 9.53 Å². The lowest BCUT2D eigenvalue weighted by Crippen LogP contribution is -2.14. The van der Waals surface area contributed by atoms with Gasteiger partial charge in [0.25, 0.3) is 0 Å². The van der Waals surface area contributed by atoms with Crippen molar-refractivity contribution in [3.8, 4) is 0 Å². The number of nitrogen functional groups attached to an aromatic ring is 1. The van der Waals surface area contributed by atoms with Crippen molar-refractivity contribution >= 4 is 11.8 Å². The number of anilines is 1. The molecule has 0 fully saturated rings. The van der Waals surface area contributed by atoms with Crippen LogP contribution in [0.2, 0.25) is 0 Å². The number of aromatic nitrogens is 1. The van der Waals surface area contributed by atoms with E-state index in [-0.39, 0.29) is 11.9 Å². The summed E-state index contributed by atoms with van der Waals surface area (Å²) < 4.78 is 4.95. The molecule has 0 aromatic carbocycles. The SMILES string of the molecule is CCOC(=O)[C@H](C)c1ccc(N)nc1C.